The van der Waals surface area contributed by atoms with Gasteiger partial charge in [0, 0.05) is 49.5 Å². The first-order chi connectivity index (χ1) is 20.6. The van der Waals surface area contributed by atoms with E-state index in [-0.39, 0.29) is 24.5 Å². The van der Waals surface area contributed by atoms with Gasteiger partial charge in [-0.05, 0) is 77.6 Å². The minimum Gasteiger partial charge on any atom is -0.396 e. The van der Waals surface area contributed by atoms with Crippen LogP contribution in [0.1, 0.15) is 71.1 Å². The van der Waals surface area contributed by atoms with Crippen molar-refractivity contribution < 1.29 is 19.8 Å². The van der Waals surface area contributed by atoms with E-state index in [0.29, 0.717) is 42.9 Å². The fourth-order valence-electron chi connectivity index (χ4n) is 5.60. The smallest absolute Gasteiger partial charge is 0.264 e. The maximum atomic E-state index is 14.0. The van der Waals surface area contributed by atoms with Crippen LogP contribution >= 0.6 is 0 Å². The molecule has 1 aromatic heterocycles. The van der Waals surface area contributed by atoms with Gasteiger partial charge in [-0.3, -0.25) is 14.3 Å². The first kappa shape index (κ1) is 32.3. The van der Waals surface area contributed by atoms with Crippen LogP contribution in [0.4, 0.5) is 11.4 Å². The van der Waals surface area contributed by atoms with Crippen LogP contribution in [0.25, 0.3) is 0 Å². The van der Waals surface area contributed by atoms with Crippen LogP contribution in [-0.2, 0) is 28.2 Å². The number of nitrogens with zero attached hydrogens (tertiary/aromatic N) is 4. The number of rotatable bonds is 14. The lowest BCUT2D eigenvalue weighted by atomic mass is 9.82. The highest BCUT2D eigenvalue weighted by molar-refractivity contribution is 6.08. The molecule has 4 N–H and O–H groups in total. The molecule has 4 rings (SSSR count). The summed E-state index contributed by atoms with van der Waals surface area (Å²) >= 11 is 0. The molecular weight excluding hydrogens is 544 g/mol. The number of carbonyl (C=O) groups is 2. The molecule has 3 atom stereocenters. The molecule has 0 spiro atoms. The molecule has 3 heterocycles. The lowest BCUT2D eigenvalue weighted by Gasteiger charge is -2.27. The van der Waals surface area contributed by atoms with Crippen molar-refractivity contribution in [3.05, 3.63) is 71.1 Å². The minimum atomic E-state index is -1.79. The Morgan fingerprint density at radius 2 is 2.07 bits per heavy atom. The third kappa shape index (κ3) is 7.87. The van der Waals surface area contributed by atoms with E-state index in [1.54, 1.807) is 21.7 Å². The molecular formula is C33H46N6O4. The summed E-state index contributed by atoms with van der Waals surface area (Å²) in [6.07, 6.45) is 14.5. The number of hydrogen-bond acceptors (Lipinski definition) is 7. The molecule has 0 radical (unpaired) electrons. The third-order valence-electron chi connectivity index (χ3n) is 8.19. The van der Waals surface area contributed by atoms with Gasteiger partial charge in [0.15, 0.2) is 5.60 Å². The molecule has 1 fully saturated rings. The van der Waals surface area contributed by atoms with Gasteiger partial charge in [-0.25, -0.2) is 0 Å². The fraction of sp³-hybridized carbons (Fsp3) is 0.515. The molecule has 2 aliphatic rings. The normalized spacial score (nSPS) is 21.0. The average Bonchev–Trinajstić information content (AvgIpc) is 3.71. The SMILES string of the molecule is CC(C)=CCC/C(C)=C/CN1C(=O)[C@@](O)([C@@H](C)/C=C/CCn2cc(CCO)nn2)c2cc(NC(=O)[C@H]3CCCN3)ccc21. The number of aromatic nitrogens is 3. The van der Waals surface area contributed by atoms with Crippen molar-refractivity contribution in [2.24, 2.45) is 5.92 Å². The van der Waals surface area contributed by atoms with Crippen molar-refractivity contribution in [3.63, 3.8) is 0 Å². The van der Waals surface area contributed by atoms with E-state index in [1.165, 1.54) is 11.1 Å². The Balaban J connectivity index is 1.54. The molecule has 2 amide bonds. The second-order valence-electron chi connectivity index (χ2n) is 11.9. The van der Waals surface area contributed by atoms with Crippen molar-refractivity contribution in [1.29, 1.82) is 0 Å². The highest BCUT2D eigenvalue weighted by Crippen LogP contribution is 2.46. The van der Waals surface area contributed by atoms with Gasteiger partial charge in [0.25, 0.3) is 5.91 Å². The number of anilines is 2. The molecule has 1 saturated heterocycles. The van der Waals surface area contributed by atoms with Gasteiger partial charge in [-0.1, -0.05) is 47.6 Å². The molecule has 2 aromatic rings. The molecule has 1 aromatic carbocycles. The number of aliphatic hydroxyl groups is 2. The van der Waals surface area contributed by atoms with Crippen molar-refractivity contribution in [1.82, 2.24) is 20.3 Å². The van der Waals surface area contributed by atoms with E-state index in [4.69, 9.17) is 5.11 Å². The number of carbonyl (C=O) groups excluding carboxylic acids is 2. The summed E-state index contributed by atoms with van der Waals surface area (Å²) in [5, 5.41) is 35.5. The van der Waals surface area contributed by atoms with Crippen LogP contribution < -0.4 is 15.5 Å². The first-order valence-electron chi connectivity index (χ1n) is 15.3. The zero-order valence-corrected chi connectivity index (χ0v) is 25.8. The predicted octanol–water partition coefficient (Wildman–Crippen LogP) is 4.01. The lowest BCUT2D eigenvalue weighted by molar-refractivity contribution is -0.139. The number of fused-ring (bicyclic) bond motifs is 1. The number of allylic oxidation sites excluding steroid dienone is 4. The summed E-state index contributed by atoms with van der Waals surface area (Å²) in [6, 6.07) is 5.12. The predicted molar refractivity (Wildman–Crippen MR) is 169 cm³/mol. The molecule has 10 heteroatoms. The summed E-state index contributed by atoms with van der Waals surface area (Å²) in [4.78, 5) is 28.4. The van der Waals surface area contributed by atoms with Gasteiger partial charge < -0.3 is 25.7 Å². The monoisotopic (exact) mass is 590 g/mol. The van der Waals surface area contributed by atoms with Gasteiger partial charge in [0.2, 0.25) is 5.91 Å². The zero-order chi connectivity index (χ0) is 31.0. The van der Waals surface area contributed by atoms with Crippen LogP contribution in [0.2, 0.25) is 0 Å². The Morgan fingerprint density at radius 1 is 1.26 bits per heavy atom. The molecule has 0 aliphatic carbocycles. The Morgan fingerprint density at radius 3 is 2.79 bits per heavy atom. The van der Waals surface area contributed by atoms with Crippen LogP contribution in [0, 0.1) is 5.92 Å². The van der Waals surface area contributed by atoms with Gasteiger partial charge in [0.05, 0.1) is 17.4 Å². The van der Waals surface area contributed by atoms with E-state index < -0.39 is 11.5 Å². The number of aliphatic hydroxyl groups excluding tert-OH is 1. The van der Waals surface area contributed by atoms with Crippen LogP contribution in [0.15, 0.2) is 59.8 Å². The average molecular weight is 591 g/mol. The highest BCUT2D eigenvalue weighted by Gasteiger charge is 2.52. The number of nitrogens with one attached hydrogen (secondary N) is 2. The van der Waals surface area contributed by atoms with Crippen molar-refractivity contribution >= 4 is 23.2 Å². The molecule has 2 aliphatic heterocycles. The Hall–Kier alpha value is -3.60. The van der Waals surface area contributed by atoms with Crippen LogP contribution in [0.3, 0.4) is 0 Å². The molecule has 10 nitrogen and oxygen atoms in total. The number of benzene rings is 1. The topological polar surface area (TPSA) is 133 Å². The third-order valence-corrected chi connectivity index (χ3v) is 8.19. The van der Waals surface area contributed by atoms with E-state index in [0.717, 1.165) is 37.9 Å². The Labute approximate surface area is 254 Å². The summed E-state index contributed by atoms with van der Waals surface area (Å²) in [5.74, 6) is -1.02. The fourth-order valence-corrected chi connectivity index (χ4v) is 5.60. The van der Waals surface area contributed by atoms with Gasteiger partial charge >= 0.3 is 0 Å². The van der Waals surface area contributed by atoms with Crippen LogP contribution in [0.5, 0.6) is 0 Å². The summed E-state index contributed by atoms with van der Waals surface area (Å²) < 4.78 is 1.72. The number of hydrogen-bond donors (Lipinski definition) is 4. The minimum absolute atomic E-state index is 0.0232. The number of amides is 2. The maximum absolute atomic E-state index is 14.0. The summed E-state index contributed by atoms with van der Waals surface area (Å²) in [6.45, 7) is 9.84. The molecule has 0 saturated carbocycles. The standard InChI is InChI=1S/C33H46N6O4/c1-23(2)9-7-10-24(3)15-19-39-30-14-13-26(35-31(41)29-12-8-17-34-29)21-28(30)33(43,32(39)42)25(4)11-5-6-18-38-22-27(16-20-40)36-37-38/h5,9,11,13-15,21-22,25,29,34,40,43H,6-8,10,12,16-20H2,1-4H3,(H,35,41)/b11-5+,24-15+/t25-,29+,33+/m0/s1. The van der Waals surface area contributed by atoms with Gasteiger partial charge in [-0.15, -0.1) is 5.10 Å². The molecule has 0 bridgehead atoms. The summed E-state index contributed by atoms with van der Waals surface area (Å²) in [5.41, 5.74) is 3.10. The molecule has 232 valence electrons. The summed E-state index contributed by atoms with van der Waals surface area (Å²) in [7, 11) is 0. The molecule has 0 unspecified atom stereocenters. The molecule has 43 heavy (non-hydrogen) atoms. The quantitative estimate of drug-likeness (QED) is 0.244. The van der Waals surface area contributed by atoms with Crippen LogP contribution in [-0.4, -0.2) is 62.8 Å². The largest absolute Gasteiger partial charge is 0.396 e. The first-order valence-corrected chi connectivity index (χ1v) is 15.3. The number of aryl methyl sites for hydroxylation is 1. The lowest BCUT2D eigenvalue weighted by Crippen LogP contribution is -2.44. The second-order valence-corrected chi connectivity index (χ2v) is 11.9. The van der Waals surface area contributed by atoms with E-state index in [2.05, 4.69) is 53.9 Å². The second kappa shape index (κ2) is 14.7. The van der Waals surface area contributed by atoms with E-state index in [1.807, 2.05) is 31.3 Å². The Bertz CT molecular complexity index is 1370. The van der Waals surface area contributed by atoms with Crippen molar-refractivity contribution in [3.8, 4) is 0 Å². The zero-order valence-electron chi connectivity index (χ0n) is 25.8. The van der Waals surface area contributed by atoms with E-state index >= 15 is 0 Å². The van der Waals surface area contributed by atoms with Crippen molar-refractivity contribution in [2.75, 3.05) is 29.9 Å². The van der Waals surface area contributed by atoms with E-state index in [9.17, 15) is 14.7 Å². The van der Waals surface area contributed by atoms with Gasteiger partial charge in [-0.2, -0.15) is 0 Å². The Kier molecular flexibility index (Phi) is 11.1. The maximum Gasteiger partial charge on any atom is 0.264 e. The highest BCUT2D eigenvalue weighted by atomic mass is 16.3. The van der Waals surface area contributed by atoms with Crippen molar-refractivity contribution in [2.45, 2.75) is 84.4 Å². The van der Waals surface area contributed by atoms with Gasteiger partial charge in [0.1, 0.15) is 0 Å².